The van der Waals surface area contributed by atoms with Crippen LogP contribution in [-0.4, -0.2) is 37.1 Å². The van der Waals surface area contributed by atoms with Gasteiger partial charge in [-0.25, -0.2) is 14.4 Å². The van der Waals surface area contributed by atoms with E-state index in [-0.39, 0.29) is 11.7 Å². The third-order valence-electron chi connectivity index (χ3n) is 5.50. The van der Waals surface area contributed by atoms with Gasteiger partial charge in [0.1, 0.15) is 11.5 Å². The first-order chi connectivity index (χ1) is 15.2. The lowest BCUT2D eigenvalue weighted by molar-refractivity contribution is 0.0733. The second-order valence-electron chi connectivity index (χ2n) is 7.44. The molecule has 1 aliphatic heterocycles. The van der Waals surface area contributed by atoms with Crippen LogP contribution in [0.15, 0.2) is 73.1 Å². The molecule has 1 aliphatic rings. The van der Waals surface area contributed by atoms with E-state index in [9.17, 15) is 9.18 Å². The van der Waals surface area contributed by atoms with Gasteiger partial charge < -0.3 is 4.90 Å². The summed E-state index contributed by atoms with van der Waals surface area (Å²) in [6.07, 6.45) is 3.96. The summed E-state index contributed by atoms with van der Waals surface area (Å²) in [7, 11) is 0. The molecule has 1 amide bonds. The van der Waals surface area contributed by atoms with E-state index in [2.05, 4.69) is 9.97 Å². The van der Waals surface area contributed by atoms with Crippen LogP contribution in [0.25, 0.3) is 11.5 Å². The van der Waals surface area contributed by atoms with Crippen molar-refractivity contribution >= 4 is 5.91 Å². The van der Waals surface area contributed by atoms with Crippen molar-refractivity contribution in [2.45, 2.75) is 19.5 Å². The lowest BCUT2D eigenvalue weighted by Crippen LogP contribution is -2.36. The van der Waals surface area contributed by atoms with E-state index in [1.54, 1.807) is 30.6 Å². The SMILES string of the molecule is O=C(c1ccccc1)N1CCc2c(c(-c3ncccn3)nn2Cc2ccccc2F)C1. The van der Waals surface area contributed by atoms with Crippen molar-refractivity contribution in [3.8, 4) is 11.5 Å². The van der Waals surface area contributed by atoms with E-state index in [0.717, 1.165) is 11.3 Å². The van der Waals surface area contributed by atoms with E-state index in [1.165, 1.54) is 6.07 Å². The Hall–Kier alpha value is -3.87. The Morgan fingerprint density at radius 1 is 0.968 bits per heavy atom. The maximum absolute atomic E-state index is 14.3. The number of carbonyl (C=O) groups excluding carboxylic acids is 1. The normalized spacial score (nSPS) is 13.1. The third-order valence-corrected chi connectivity index (χ3v) is 5.50. The fourth-order valence-corrected chi connectivity index (χ4v) is 3.95. The molecule has 2 aromatic heterocycles. The Balaban J connectivity index is 1.53. The molecule has 0 aliphatic carbocycles. The number of aromatic nitrogens is 4. The maximum atomic E-state index is 14.3. The number of rotatable bonds is 4. The minimum Gasteiger partial charge on any atom is -0.334 e. The fraction of sp³-hybridized carbons (Fsp3) is 0.167. The summed E-state index contributed by atoms with van der Waals surface area (Å²) in [6.45, 7) is 1.29. The van der Waals surface area contributed by atoms with Gasteiger partial charge in [0.25, 0.3) is 5.91 Å². The Labute approximate surface area is 179 Å². The van der Waals surface area contributed by atoms with E-state index in [1.807, 2.05) is 46.0 Å². The molecule has 0 saturated heterocycles. The summed E-state index contributed by atoms with van der Waals surface area (Å²) in [4.78, 5) is 23.6. The highest BCUT2D eigenvalue weighted by Gasteiger charge is 2.29. The van der Waals surface area contributed by atoms with Gasteiger partial charge in [-0.1, -0.05) is 36.4 Å². The zero-order chi connectivity index (χ0) is 21.2. The zero-order valence-corrected chi connectivity index (χ0v) is 16.8. The van der Waals surface area contributed by atoms with Crippen molar-refractivity contribution in [1.29, 1.82) is 0 Å². The fourth-order valence-electron chi connectivity index (χ4n) is 3.95. The molecule has 6 nitrogen and oxygen atoms in total. The average molecular weight is 413 g/mol. The number of nitrogens with zero attached hydrogens (tertiary/aromatic N) is 5. The molecule has 0 bridgehead atoms. The summed E-state index contributed by atoms with van der Waals surface area (Å²) in [5.41, 5.74) is 3.76. The van der Waals surface area contributed by atoms with Crippen LogP contribution >= 0.6 is 0 Å². The molecule has 0 spiro atoms. The predicted octanol–water partition coefficient (Wildman–Crippen LogP) is 3.73. The molecule has 0 atom stereocenters. The number of amides is 1. The molecule has 0 fully saturated rings. The van der Waals surface area contributed by atoms with Gasteiger partial charge in [-0.05, 0) is 24.3 Å². The highest BCUT2D eigenvalue weighted by atomic mass is 19.1. The van der Waals surface area contributed by atoms with Crippen molar-refractivity contribution in [1.82, 2.24) is 24.6 Å². The molecule has 4 aromatic rings. The second-order valence-corrected chi connectivity index (χ2v) is 7.44. The topological polar surface area (TPSA) is 63.9 Å². The number of hydrogen-bond acceptors (Lipinski definition) is 4. The van der Waals surface area contributed by atoms with Gasteiger partial charge in [0.15, 0.2) is 5.82 Å². The molecule has 0 radical (unpaired) electrons. The van der Waals surface area contributed by atoms with E-state index in [4.69, 9.17) is 5.10 Å². The van der Waals surface area contributed by atoms with Gasteiger partial charge in [-0.2, -0.15) is 5.10 Å². The van der Waals surface area contributed by atoms with Crippen LogP contribution in [0.4, 0.5) is 4.39 Å². The van der Waals surface area contributed by atoms with Crippen molar-refractivity contribution in [3.63, 3.8) is 0 Å². The van der Waals surface area contributed by atoms with Crippen LogP contribution < -0.4 is 0 Å². The van der Waals surface area contributed by atoms with Gasteiger partial charge >= 0.3 is 0 Å². The Kier molecular flexibility index (Phi) is 5.00. The summed E-state index contributed by atoms with van der Waals surface area (Å²) < 4.78 is 16.1. The molecular formula is C24H20FN5O. The molecule has 2 aromatic carbocycles. The van der Waals surface area contributed by atoms with E-state index >= 15 is 0 Å². The number of carbonyl (C=O) groups is 1. The van der Waals surface area contributed by atoms with Crippen LogP contribution in [0.3, 0.4) is 0 Å². The highest BCUT2D eigenvalue weighted by molar-refractivity contribution is 5.94. The molecular weight excluding hydrogens is 393 g/mol. The van der Waals surface area contributed by atoms with Crippen molar-refractivity contribution in [3.05, 3.63) is 101 Å². The average Bonchev–Trinajstić information content (AvgIpc) is 3.19. The van der Waals surface area contributed by atoms with Crippen LogP contribution in [0, 0.1) is 5.82 Å². The Bertz CT molecular complexity index is 1220. The highest BCUT2D eigenvalue weighted by Crippen LogP contribution is 2.29. The largest absolute Gasteiger partial charge is 0.334 e. The second kappa shape index (κ2) is 8.10. The number of hydrogen-bond donors (Lipinski definition) is 0. The van der Waals surface area contributed by atoms with Gasteiger partial charge in [-0.15, -0.1) is 0 Å². The van der Waals surface area contributed by atoms with Crippen LogP contribution in [0.2, 0.25) is 0 Å². The first-order valence-electron chi connectivity index (χ1n) is 10.1. The first-order valence-corrected chi connectivity index (χ1v) is 10.1. The lowest BCUT2D eigenvalue weighted by Gasteiger charge is -2.28. The van der Waals surface area contributed by atoms with Crippen molar-refractivity contribution in [2.75, 3.05) is 6.54 Å². The molecule has 7 heteroatoms. The van der Waals surface area contributed by atoms with Crippen molar-refractivity contribution < 1.29 is 9.18 Å². The van der Waals surface area contributed by atoms with Crippen LogP contribution in [0.1, 0.15) is 27.2 Å². The quantitative estimate of drug-likeness (QED) is 0.512. The van der Waals surface area contributed by atoms with Gasteiger partial charge in [-0.3, -0.25) is 9.48 Å². The number of fused-ring (bicyclic) bond motifs is 1. The predicted molar refractivity (Wildman–Crippen MR) is 114 cm³/mol. The van der Waals surface area contributed by atoms with Gasteiger partial charge in [0, 0.05) is 47.7 Å². The first kappa shape index (κ1) is 19.1. The Morgan fingerprint density at radius 2 is 1.71 bits per heavy atom. The molecule has 0 N–H and O–H groups in total. The molecule has 0 saturated carbocycles. The monoisotopic (exact) mass is 413 g/mol. The molecule has 5 rings (SSSR count). The summed E-state index contributed by atoms with van der Waals surface area (Å²) in [5, 5.41) is 4.75. The Morgan fingerprint density at radius 3 is 2.48 bits per heavy atom. The summed E-state index contributed by atoms with van der Waals surface area (Å²) in [5.74, 6) is 0.217. The molecule has 3 heterocycles. The van der Waals surface area contributed by atoms with E-state index in [0.29, 0.717) is 48.7 Å². The maximum Gasteiger partial charge on any atom is 0.254 e. The van der Waals surface area contributed by atoms with Crippen LogP contribution in [0.5, 0.6) is 0 Å². The summed E-state index contributed by atoms with van der Waals surface area (Å²) in [6, 6.07) is 17.7. The molecule has 154 valence electrons. The number of halogens is 1. The van der Waals surface area contributed by atoms with Crippen molar-refractivity contribution in [2.24, 2.45) is 0 Å². The minimum atomic E-state index is -0.263. The van der Waals surface area contributed by atoms with Gasteiger partial charge in [0.05, 0.1) is 13.1 Å². The van der Waals surface area contributed by atoms with Crippen LogP contribution in [-0.2, 0) is 19.5 Å². The standard InChI is InChI=1S/C24H20FN5O/c25-20-10-5-4-9-18(20)15-30-21-11-14-29(24(31)17-7-2-1-3-8-17)16-19(21)22(28-30)23-26-12-6-13-27-23/h1-10,12-13H,11,14-16H2. The molecule has 0 unspecified atom stereocenters. The molecule has 31 heavy (non-hydrogen) atoms. The summed E-state index contributed by atoms with van der Waals surface area (Å²) >= 11 is 0. The smallest absolute Gasteiger partial charge is 0.254 e. The third kappa shape index (κ3) is 3.70. The van der Waals surface area contributed by atoms with Gasteiger partial charge in [0.2, 0.25) is 0 Å². The lowest BCUT2D eigenvalue weighted by atomic mass is 10.0. The minimum absolute atomic E-state index is 0.0203. The number of benzene rings is 2. The van der Waals surface area contributed by atoms with E-state index < -0.39 is 0 Å². The zero-order valence-electron chi connectivity index (χ0n) is 16.8.